The van der Waals surface area contributed by atoms with Gasteiger partial charge in [0.15, 0.2) is 5.84 Å². The fourth-order valence-electron chi connectivity index (χ4n) is 3.28. The van der Waals surface area contributed by atoms with Gasteiger partial charge in [-0.05, 0) is 67.9 Å². The number of nitrogens with zero attached hydrogens (tertiary/aromatic N) is 4. The number of rotatable bonds is 3. The number of benzene rings is 1. The lowest BCUT2D eigenvalue weighted by molar-refractivity contribution is -0.114. The number of hydrazone groups is 1. The molecular formula is C20H18FN5OS. The molecule has 1 amide bonds. The van der Waals surface area contributed by atoms with E-state index in [-0.39, 0.29) is 17.2 Å². The lowest BCUT2D eigenvalue weighted by Gasteiger charge is -2.20. The fourth-order valence-corrected chi connectivity index (χ4v) is 4.10. The molecular weight excluding hydrogens is 377 g/mol. The van der Waals surface area contributed by atoms with E-state index in [2.05, 4.69) is 10.1 Å². The molecule has 2 aliphatic rings. The molecule has 0 bridgehead atoms. The van der Waals surface area contributed by atoms with E-state index in [4.69, 9.17) is 5.41 Å². The highest BCUT2D eigenvalue weighted by Crippen LogP contribution is 2.30. The number of amidine groups is 2. The maximum absolute atomic E-state index is 13.7. The zero-order chi connectivity index (χ0) is 20.0. The van der Waals surface area contributed by atoms with Crippen LogP contribution in [0.5, 0.6) is 0 Å². The molecule has 1 N–H and O–H groups in total. The highest BCUT2D eigenvalue weighted by molar-refractivity contribution is 8.26. The average molecular weight is 395 g/mol. The largest absolute Gasteiger partial charge is 0.318 e. The van der Waals surface area contributed by atoms with Crippen molar-refractivity contribution in [1.29, 1.82) is 5.41 Å². The van der Waals surface area contributed by atoms with Crippen molar-refractivity contribution in [3.8, 4) is 5.69 Å². The van der Waals surface area contributed by atoms with Crippen LogP contribution in [0.4, 0.5) is 4.39 Å². The summed E-state index contributed by atoms with van der Waals surface area (Å²) >= 11 is 1.32. The highest BCUT2D eigenvalue weighted by atomic mass is 32.2. The van der Waals surface area contributed by atoms with Gasteiger partial charge in [-0.3, -0.25) is 10.2 Å². The first-order chi connectivity index (χ1) is 13.4. The first kappa shape index (κ1) is 18.4. The van der Waals surface area contributed by atoms with Gasteiger partial charge < -0.3 is 4.57 Å². The zero-order valence-electron chi connectivity index (χ0n) is 15.7. The third-order valence-electron chi connectivity index (χ3n) is 4.64. The van der Waals surface area contributed by atoms with Crippen LogP contribution in [0.1, 0.15) is 30.3 Å². The summed E-state index contributed by atoms with van der Waals surface area (Å²) in [7, 11) is 0. The molecule has 0 saturated carbocycles. The Morgan fingerprint density at radius 3 is 2.79 bits per heavy atom. The number of carbonyl (C=O) groups is 1. The maximum atomic E-state index is 13.7. The minimum absolute atomic E-state index is 0.0153. The molecule has 6 nitrogen and oxygen atoms in total. The van der Waals surface area contributed by atoms with Crippen LogP contribution in [0.3, 0.4) is 0 Å². The molecule has 2 aromatic rings. The molecule has 0 saturated heterocycles. The fraction of sp³-hybridized carbons (Fsp3) is 0.200. The van der Waals surface area contributed by atoms with Gasteiger partial charge in [-0.15, -0.1) is 0 Å². The SMILES string of the molecule is CCC1=NN2C(=N)/C(=C/c3cc(C)n(-c4cccc(F)c4)c3C)C(=O)N=C2S1. The van der Waals surface area contributed by atoms with Crippen molar-refractivity contribution in [3.63, 3.8) is 0 Å². The summed E-state index contributed by atoms with van der Waals surface area (Å²) in [6, 6.07) is 8.26. The van der Waals surface area contributed by atoms with Crippen LogP contribution in [0.2, 0.25) is 0 Å². The number of aliphatic imine (C=N–C) groups is 1. The Hall–Kier alpha value is -3.00. The van der Waals surface area contributed by atoms with Crippen molar-refractivity contribution < 1.29 is 9.18 Å². The molecule has 0 fully saturated rings. The number of fused-ring (bicyclic) bond motifs is 1. The number of hydrogen-bond donors (Lipinski definition) is 1. The van der Waals surface area contributed by atoms with Crippen LogP contribution in [0.15, 0.2) is 46.0 Å². The normalized spacial score (nSPS) is 17.9. The zero-order valence-corrected chi connectivity index (χ0v) is 16.5. The van der Waals surface area contributed by atoms with Crippen LogP contribution in [-0.4, -0.2) is 31.5 Å². The molecule has 1 aromatic heterocycles. The number of aryl methyl sites for hydroxylation is 1. The summed E-state index contributed by atoms with van der Waals surface area (Å²) < 4.78 is 15.6. The lowest BCUT2D eigenvalue weighted by Crippen LogP contribution is -2.35. The molecule has 3 heterocycles. The van der Waals surface area contributed by atoms with Gasteiger partial charge in [0.25, 0.3) is 5.91 Å². The van der Waals surface area contributed by atoms with Gasteiger partial charge >= 0.3 is 0 Å². The van der Waals surface area contributed by atoms with Crippen molar-refractivity contribution in [1.82, 2.24) is 9.58 Å². The van der Waals surface area contributed by atoms with Gasteiger partial charge in [0.2, 0.25) is 5.17 Å². The van der Waals surface area contributed by atoms with Crippen LogP contribution in [0, 0.1) is 25.1 Å². The maximum Gasteiger partial charge on any atom is 0.283 e. The molecule has 2 aliphatic heterocycles. The topological polar surface area (TPSA) is 73.8 Å². The molecule has 0 aliphatic carbocycles. The lowest BCUT2D eigenvalue weighted by atomic mass is 10.1. The Balaban J connectivity index is 1.76. The van der Waals surface area contributed by atoms with Crippen LogP contribution in [-0.2, 0) is 4.79 Å². The summed E-state index contributed by atoms with van der Waals surface area (Å²) in [6.45, 7) is 5.78. The van der Waals surface area contributed by atoms with E-state index in [1.807, 2.05) is 37.5 Å². The summed E-state index contributed by atoms with van der Waals surface area (Å²) in [5.41, 5.74) is 3.42. The molecule has 0 spiro atoms. The quantitative estimate of drug-likeness (QED) is 0.789. The molecule has 0 atom stereocenters. The summed E-state index contributed by atoms with van der Waals surface area (Å²) in [5, 5.41) is 15.4. The van der Waals surface area contributed by atoms with Crippen LogP contribution >= 0.6 is 11.8 Å². The van der Waals surface area contributed by atoms with E-state index >= 15 is 0 Å². The average Bonchev–Trinajstić information content (AvgIpc) is 3.19. The Bertz CT molecular complexity index is 1110. The van der Waals surface area contributed by atoms with Gasteiger partial charge in [0, 0.05) is 17.1 Å². The minimum atomic E-state index is -0.452. The molecule has 8 heteroatoms. The first-order valence-corrected chi connectivity index (χ1v) is 9.64. The van der Waals surface area contributed by atoms with E-state index in [9.17, 15) is 9.18 Å². The number of thioether (sulfide) groups is 1. The first-order valence-electron chi connectivity index (χ1n) is 8.83. The van der Waals surface area contributed by atoms with Crippen LogP contribution < -0.4 is 0 Å². The van der Waals surface area contributed by atoms with Gasteiger partial charge in [-0.1, -0.05) is 13.0 Å². The van der Waals surface area contributed by atoms with Gasteiger partial charge in [-0.25, -0.2) is 4.39 Å². The van der Waals surface area contributed by atoms with E-state index in [0.29, 0.717) is 10.9 Å². The molecule has 0 unspecified atom stereocenters. The third kappa shape index (κ3) is 2.99. The van der Waals surface area contributed by atoms with Gasteiger partial charge in [0.1, 0.15) is 10.9 Å². The van der Waals surface area contributed by atoms with E-state index < -0.39 is 5.91 Å². The summed E-state index contributed by atoms with van der Waals surface area (Å²) in [4.78, 5) is 16.6. The number of halogens is 1. The third-order valence-corrected chi connectivity index (χ3v) is 5.69. The molecule has 28 heavy (non-hydrogen) atoms. The molecule has 1 aromatic carbocycles. The predicted molar refractivity (Wildman–Crippen MR) is 111 cm³/mol. The monoisotopic (exact) mass is 395 g/mol. The second-order valence-corrected chi connectivity index (χ2v) is 7.55. The van der Waals surface area contributed by atoms with Crippen molar-refractivity contribution >= 4 is 39.8 Å². The number of hydrogen-bond acceptors (Lipinski definition) is 4. The Morgan fingerprint density at radius 1 is 1.29 bits per heavy atom. The molecule has 0 radical (unpaired) electrons. The minimum Gasteiger partial charge on any atom is -0.318 e. The highest BCUT2D eigenvalue weighted by Gasteiger charge is 2.35. The van der Waals surface area contributed by atoms with Crippen LogP contribution in [0.25, 0.3) is 11.8 Å². The van der Waals surface area contributed by atoms with E-state index in [1.54, 1.807) is 12.1 Å². The van der Waals surface area contributed by atoms with Crippen molar-refractivity contribution in [3.05, 3.63) is 58.7 Å². The smallest absolute Gasteiger partial charge is 0.283 e. The standard InChI is InChI=1S/C20H18FN5OS/c1-4-17-24-26-18(22)16(19(27)23-20(26)28-17)9-13-8-11(2)25(12(13)3)15-7-5-6-14(21)10-15/h5-10,22H,4H2,1-3H3/b16-9-,22-18?. The van der Waals surface area contributed by atoms with E-state index in [0.717, 1.165) is 28.4 Å². The number of carbonyl (C=O) groups excluding carboxylic acids is 1. The van der Waals surface area contributed by atoms with Gasteiger partial charge in [0.05, 0.1) is 5.57 Å². The number of nitrogens with one attached hydrogen (secondary N) is 1. The van der Waals surface area contributed by atoms with Crippen molar-refractivity contribution in [2.75, 3.05) is 0 Å². The van der Waals surface area contributed by atoms with E-state index in [1.165, 1.54) is 28.9 Å². The summed E-state index contributed by atoms with van der Waals surface area (Å²) in [6.07, 6.45) is 2.38. The van der Waals surface area contributed by atoms with Gasteiger partial charge in [-0.2, -0.15) is 15.1 Å². The molecule has 4 rings (SSSR count). The van der Waals surface area contributed by atoms with Crippen molar-refractivity contribution in [2.45, 2.75) is 27.2 Å². The number of aromatic nitrogens is 1. The number of amides is 1. The Labute approximate surface area is 166 Å². The summed E-state index contributed by atoms with van der Waals surface area (Å²) in [5.74, 6) is -0.750. The second-order valence-electron chi connectivity index (χ2n) is 6.51. The Kier molecular flexibility index (Phi) is 4.50. The predicted octanol–water partition coefficient (Wildman–Crippen LogP) is 4.26. The van der Waals surface area contributed by atoms with Crippen molar-refractivity contribution in [2.24, 2.45) is 10.1 Å². The molecule has 142 valence electrons. The second kappa shape index (κ2) is 6.87. The Morgan fingerprint density at radius 2 is 2.07 bits per heavy atom.